The van der Waals surface area contributed by atoms with Crippen LogP contribution in [0.4, 0.5) is 4.39 Å². The van der Waals surface area contributed by atoms with Crippen molar-refractivity contribution in [3.8, 4) is 0 Å². The van der Waals surface area contributed by atoms with E-state index in [0.717, 1.165) is 6.07 Å². The Morgan fingerprint density at radius 1 is 1.15 bits per heavy atom. The molecule has 1 aromatic carbocycles. The minimum atomic E-state index is -3.89. The number of halogens is 1. The van der Waals surface area contributed by atoms with E-state index in [0.29, 0.717) is 13.1 Å². The summed E-state index contributed by atoms with van der Waals surface area (Å²) in [7, 11) is -3.89. The number of carbonyl (C=O) groups is 1. The first-order valence-electron chi connectivity index (χ1n) is 9.25. The molecule has 0 N–H and O–H groups in total. The average Bonchev–Trinajstić information content (AvgIpc) is 3.14. The first-order valence-corrected chi connectivity index (χ1v) is 10.7. The Kier molecular flexibility index (Phi) is 5.20. The van der Waals surface area contributed by atoms with E-state index in [4.69, 9.17) is 0 Å². The molecule has 0 spiro atoms. The van der Waals surface area contributed by atoms with Crippen LogP contribution in [0.5, 0.6) is 0 Å². The van der Waals surface area contributed by atoms with Crippen molar-refractivity contribution in [2.24, 2.45) is 17.3 Å². The summed E-state index contributed by atoms with van der Waals surface area (Å²) >= 11 is 0. The van der Waals surface area contributed by atoms with Gasteiger partial charge < -0.3 is 4.90 Å². The average molecular weight is 395 g/mol. The molecule has 0 aromatic heterocycles. The number of benzene rings is 1. The second kappa shape index (κ2) is 7.02. The number of carbonyl (C=O) groups excluding carboxylic acids is 1. The molecular formula is C20H27FN2O3S. The standard InChI is InChI=1S/C20H27FN2O3S/c1-14(2)13-15-18(20(15,3)4)19(24)22-9-11-23(12-10-22)27(25,26)17-8-6-5-7-16(17)21/h5-8,13,15,18H,9-12H2,1-4H3/t15-,18-/m0/s1. The van der Waals surface area contributed by atoms with Gasteiger partial charge in [-0.25, -0.2) is 12.8 Å². The molecule has 1 saturated heterocycles. The number of amides is 1. The van der Waals surface area contributed by atoms with Crippen LogP contribution in [-0.2, 0) is 14.8 Å². The molecule has 0 unspecified atom stereocenters. The third-order valence-corrected chi connectivity index (χ3v) is 7.63. The molecule has 27 heavy (non-hydrogen) atoms. The molecule has 1 aromatic rings. The first kappa shape index (κ1) is 20.0. The number of hydrogen-bond acceptors (Lipinski definition) is 3. The van der Waals surface area contributed by atoms with Gasteiger partial charge in [0.25, 0.3) is 0 Å². The van der Waals surface area contributed by atoms with Crippen molar-refractivity contribution < 1.29 is 17.6 Å². The highest BCUT2D eigenvalue weighted by atomic mass is 32.2. The minimum absolute atomic E-state index is 0.0536. The smallest absolute Gasteiger partial charge is 0.246 e. The summed E-state index contributed by atoms with van der Waals surface area (Å²) in [6.07, 6.45) is 2.15. The predicted molar refractivity (Wildman–Crippen MR) is 102 cm³/mol. The van der Waals surface area contributed by atoms with Gasteiger partial charge in [0.15, 0.2) is 0 Å². The number of sulfonamides is 1. The molecule has 1 aliphatic heterocycles. The Labute approximate surface area is 160 Å². The number of hydrogen-bond donors (Lipinski definition) is 0. The van der Waals surface area contributed by atoms with E-state index in [1.165, 1.54) is 28.1 Å². The van der Waals surface area contributed by atoms with Crippen molar-refractivity contribution in [1.82, 2.24) is 9.21 Å². The molecule has 7 heteroatoms. The lowest BCUT2D eigenvalue weighted by atomic mass is 10.1. The zero-order valence-electron chi connectivity index (χ0n) is 16.3. The van der Waals surface area contributed by atoms with Gasteiger partial charge in [0, 0.05) is 26.2 Å². The second-order valence-corrected chi connectivity index (χ2v) is 10.1. The maximum Gasteiger partial charge on any atom is 0.246 e. The van der Waals surface area contributed by atoms with Crippen molar-refractivity contribution in [2.75, 3.05) is 26.2 Å². The molecule has 1 saturated carbocycles. The Hall–Kier alpha value is -1.73. The molecule has 1 heterocycles. The zero-order chi connectivity index (χ0) is 20.0. The predicted octanol–water partition coefficient (Wildman–Crippen LogP) is 2.90. The molecule has 1 aliphatic carbocycles. The van der Waals surface area contributed by atoms with Crippen LogP contribution in [0, 0.1) is 23.1 Å². The summed E-state index contributed by atoms with van der Waals surface area (Å²) < 4.78 is 40.5. The van der Waals surface area contributed by atoms with Gasteiger partial charge in [-0.2, -0.15) is 4.31 Å². The van der Waals surface area contributed by atoms with E-state index in [2.05, 4.69) is 19.9 Å². The quantitative estimate of drug-likeness (QED) is 0.738. The van der Waals surface area contributed by atoms with Gasteiger partial charge in [-0.05, 0) is 37.3 Å². The molecule has 1 amide bonds. The van der Waals surface area contributed by atoms with E-state index >= 15 is 0 Å². The van der Waals surface area contributed by atoms with E-state index in [1.807, 2.05) is 13.8 Å². The SMILES string of the molecule is CC(C)=C[C@H]1[C@@H](C(=O)N2CCN(S(=O)(=O)c3ccccc3F)CC2)C1(C)C. The van der Waals surface area contributed by atoms with Crippen LogP contribution in [0.25, 0.3) is 0 Å². The number of allylic oxidation sites excluding steroid dienone is 2. The van der Waals surface area contributed by atoms with E-state index in [9.17, 15) is 17.6 Å². The molecule has 2 fully saturated rings. The lowest BCUT2D eigenvalue weighted by molar-refractivity contribution is -0.134. The van der Waals surface area contributed by atoms with Gasteiger partial charge in [-0.1, -0.05) is 37.6 Å². The van der Waals surface area contributed by atoms with Crippen LogP contribution in [0.2, 0.25) is 0 Å². The van der Waals surface area contributed by atoms with Crippen molar-refractivity contribution in [2.45, 2.75) is 32.6 Å². The van der Waals surface area contributed by atoms with Crippen LogP contribution >= 0.6 is 0 Å². The van der Waals surface area contributed by atoms with Crippen LogP contribution in [0.15, 0.2) is 40.8 Å². The summed E-state index contributed by atoms with van der Waals surface area (Å²) in [5.41, 5.74) is 1.13. The summed E-state index contributed by atoms with van der Waals surface area (Å²) in [4.78, 5) is 14.4. The van der Waals surface area contributed by atoms with Gasteiger partial charge in [-0.3, -0.25) is 4.79 Å². The highest BCUT2D eigenvalue weighted by Crippen LogP contribution is 2.60. The fourth-order valence-electron chi connectivity index (χ4n) is 3.96. The Balaban J connectivity index is 1.67. The topological polar surface area (TPSA) is 57.7 Å². The van der Waals surface area contributed by atoms with Crippen molar-refractivity contribution >= 4 is 15.9 Å². The lowest BCUT2D eigenvalue weighted by Crippen LogP contribution is -2.51. The fourth-order valence-corrected chi connectivity index (χ4v) is 5.45. The maximum absolute atomic E-state index is 13.9. The fraction of sp³-hybridized carbons (Fsp3) is 0.550. The monoisotopic (exact) mass is 394 g/mol. The van der Waals surface area contributed by atoms with Crippen LogP contribution < -0.4 is 0 Å². The summed E-state index contributed by atoms with van der Waals surface area (Å²) in [6.45, 7) is 9.29. The molecule has 0 radical (unpaired) electrons. The Bertz CT molecular complexity index is 867. The van der Waals surface area contributed by atoms with Crippen LogP contribution in [-0.4, -0.2) is 49.7 Å². The van der Waals surface area contributed by atoms with Gasteiger partial charge in [0.1, 0.15) is 10.7 Å². The maximum atomic E-state index is 13.9. The molecule has 2 atom stereocenters. The lowest BCUT2D eigenvalue weighted by Gasteiger charge is -2.34. The number of rotatable bonds is 4. The van der Waals surface area contributed by atoms with E-state index < -0.39 is 15.8 Å². The van der Waals surface area contributed by atoms with Gasteiger partial charge in [-0.15, -0.1) is 0 Å². The normalized spacial score (nSPS) is 25.1. The second-order valence-electron chi connectivity index (χ2n) is 8.23. The number of nitrogens with zero attached hydrogens (tertiary/aromatic N) is 2. The zero-order valence-corrected chi connectivity index (χ0v) is 17.1. The Morgan fingerprint density at radius 2 is 1.74 bits per heavy atom. The molecule has 5 nitrogen and oxygen atoms in total. The molecule has 148 valence electrons. The van der Waals surface area contributed by atoms with Crippen molar-refractivity contribution in [3.05, 3.63) is 41.7 Å². The van der Waals surface area contributed by atoms with Crippen molar-refractivity contribution in [1.29, 1.82) is 0 Å². The van der Waals surface area contributed by atoms with Gasteiger partial charge >= 0.3 is 0 Å². The van der Waals surface area contributed by atoms with E-state index in [-0.39, 0.29) is 41.1 Å². The Morgan fingerprint density at radius 3 is 2.30 bits per heavy atom. The summed E-state index contributed by atoms with van der Waals surface area (Å²) in [5.74, 6) is -0.483. The van der Waals surface area contributed by atoms with E-state index in [1.54, 1.807) is 4.90 Å². The van der Waals surface area contributed by atoms with Crippen LogP contribution in [0.3, 0.4) is 0 Å². The third-order valence-electron chi connectivity index (χ3n) is 5.69. The molecule has 3 rings (SSSR count). The largest absolute Gasteiger partial charge is 0.340 e. The third kappa shape index (κ3) is 3.67. The summed E-state index contributed by atoms with van der Waals surface area (Å²) in [5, 5.41) is 0. The minimum Gasteiger partial charge on any atom is -0.340 e. The molecule has 2 aliphatic rings. The highest BCUT2D eigenvalue weighted by molar-refractivity contribution is 7.89. The van der Waals surface area contributed by atoms with Gasteiger partial charge in [0.05, 0.1) is 5.92 Å². The highest BCUT2D eigenvalue weighted by Gasteiger charge is 2.61. The van der Waals surface area contributed by atoms with Crippen LogP contribution in [0.1, 0.15) is 27.7 Å². The summed E-state index contributed by atoms with van der Waals surface area (Å²) in [6, 6.07) is 5.39. The number of piperazine rings is 1. The van der Waals surface area contributed by atoms with Gasteiger partial charge in [0.2, 0.25) is 15.9 Å². The van der Waals surface area contributed by atoms with Crippen molar-refractivity contribution in [3.63, 3.8) is 0 Å². The molecule has 0 bridgehead atoms. The molecular weight excluding hydrogens is 367 g/mol. The first-order chi connectivity index (χ1) is 12.6.